The molecule has 3 aliphatic rings. The second-order valence-electron chi connectivity index (χ2n) is 8.11. The van der Waals surface area contributed by atoms with Gasteiger partial charge in [-0.2, -0.15) is 5.10 Å². The van der Waals surface area contributed by atoms with Crippen molar-refractivity contribution in [3.63, 3.8) is 0 Å². The van der Waals surface area contributed by atoms with Crippen molar-refractivity contribution < 1.29 is 9.26 Å². The Hall–Kier alpha value is -1.99. The molecule has 4 heterocycles. The van der Waals surface area contributed by atoms with Gasteiger partial charge in [0.25, 0.3) is 5.56 Å². The molecular formula is C20H26N4O3. The summed E-state index contributed by atoms with van der Waals surface area (Å²) in [4.78, 5) is 14.6. The first-order valence-electron chi connectivity index (χ1n) is 10.1. The number of ether oxygens (including phenoxy) is 1. The predicted molar refractivity (Wildman–Crippen MR) is 98.3 cm³/mol. The number of piperidine rings is 1. The van der Waals surface area contributed by atoms with Crippen LogP contribution in [0.15, 0.2) is 21.5 Å². The fraction of sp³-hybridized carbons (Fsp3) is 0.650. The lowest BCUT2D eigenvalue weighted by Crippen LogP contribution is -2.36. The first kappa shape index (κ1) is 17.1. The van der Waals surface area contributed by atoms with E-state index in [-0.39, 0.29) is 5.56 Å². The fourth-order valence-electron chi connectivity index (χ4n) is 4.18. The molecular weight excluding hydrogens is 344 g/mol. The van der Waals surface area contributed by atoms with Gasteiger partial charge in [-0.1, -0.05) is 5.16 Å². The summed E-state index contributed by atoms with van der Waals surface area (Å²) in [6.07, 6.45) is 5.41. The van der Waals surface area contributed by atoms with Gasteiger partial charge in [0.15, 0.2) is 0 Å². The highest BCUT2D eigenvalue weighted by atomic mass is 16.5. The van der Waals surface area contributed by atoms with Gasteiger partial charge in [-0.3, -0.25) is 9.69 Å². The summed E-state index contributed by atoms with van der Waals surface area (Å²) in [6.45, 7) is 4.94. The zero-order valence-corrected chi connectivity index (χ0v) is 15.6. The van der Waals surface area contributed by atoms with Crippen LogP contribution in [-0.2, 0) is 30.9 Å². The molecule has 0 unspecified atom stereocenters. The van der Waals surface area contributed by atoms with E-state index < -0.39 is 0 Å². The van der Waals surface area contributed by atoms with Gasteiger partial charge in [-0.25, -0.2) is 4.68 Å². The van der Waals surface area contributed by atoms with Crippen molar-refractivity contribution in [3.8, 4) is 0 Å². The smallest absolute Gasteiger partial charge is 0.266 e. The molecule has 0 atom stereocenters. The summed E-state index contributed by atoms with van der Waals surface area (Å²) in [5, 5.41) is 8.88. The van der Waals surface area contributed by atoms with Crippen molar-refractivity contribution in [3.05, 3.63) is 45.2 Å². The van der Waals surface area contributed by atoms with Crippen LogP contribution < -0.4 is 5.56 Å². The summed E-state index contributed by atoms with van der Waals surface area (Å²) in [6, 6.07) is 3.59. The standard InChI is InChI=1S/C20H26N4O3/c25-20-4-3-17(15-1-2-15)21-24(20)11-14-5-8-23(9-6-14)12-18-16-13-26-10-7-19(16)27-22-18/h3-4,14-15H,1-2,5-13H2. The Kier molecular flexibility index (Phi) is 4.57. The Morgan fingerprint density at radius 2 is 2.00 bits per heavy atom. The molecule has 27 heavy (non-hydrogen) atoms. The average molecular weight is 370 g/mol. The quantitative estimate of drug-likeness (QED) is 0.802. The van der Waals surface area contributed by atoms with Gasteiger partial charge in [0.2, 0.25) is 0 Å². The minimum atomic E-state index is 0.0241. The van der Waals surface area contributed by atoms with Crippen molar-refractivity contribution in [2.75, 3.05) is 19.7 Å². The molecule has 7 heteroatoms. The van der Waals surface area contributed by atoms with Gasteiger partial charge >= 0.3 is 0 Å². The van der Waals surface area contributed by atoms with Crippen LogP contribution in [0.2, 0.25) is 0 Å². The molecule has 2 aromatic rings. The summed E-state index contributed by atoms with van der Waals surface area (Å²) < 4.78 is 12.7. The Morgan fingerprint density at radius 3 is 2.81 bits per heavy atom. The monoisotopic (exact) mass is 370 g/mol. The average Bonchev–Trinajstić information content (AvgIpc) is 3.47. The molecule has 0 aromatic carbocycles. The number of hydrogen-bond acceptors (Lipinski definition) is 6. The lowest BCUT2D eigenvalue weighted by atomic mass is 9.96. The molecule has 0 N–H and O–H groups in total. The van der Waals surface area contributed by atoms with E-state index in [4.69, 9.17) is 9.26 Å². The van der Waals surface area contributed by atoms with E-state index in [1.807, 2.05) is 6.07 Å². The van der Waals surface area contributed by atoms with Gasteiger partial charge in [0, 0.05) is 37.1 Å². The zero-order valence-electron chi connectivity index (χ0n) is 15.6. The van der Waals surface area contributed by atoms with Crippen LogP contribution in [0.25, 0.3) is 0 Å². The topological polar surface area (TPSA) is 73.4 Å². The maximum atomic E-state index is 12.2. The molecule has 0 bridgehead atoms. The van der Waals surface area contributed by atoms with Crippen LogP contribution in [0.4, 0.5) is 0 Å². The maximum absolute atomic E-state index is 12.2. The van der Waals surface area contributed by atoms with Crippen molar-refractivity contribution in [2.45, 2.75) is 57.7 Å². The molecule has 2 aliphatic heterocycles. The summed E-state index contributed by atoms with van der Waals surface area (Å²) >= 11 is 0. The highest BCUT2D eigenvalue weighted by molar-refractivity contribution is 5.23. The van der Waals surface area contributed by atoms with E-state index in [0.29, 0.717) is 18.4 Å². The summed E-state index contributed by atoms with van der Waals surface area (Å²) in [5.41, 5.74) is 3.29. The van der Waals surface area contributed by atoms with Gasteiger partial charge in [0.1, 0.15) is 11.5 Å². The molecule has 144 valence electrons. The summed E-state index contributed by atoms with van der Waals surface area (Å²) in [5.74, 6) is 2.08. The van der Waals surface area contributed by atoms with Crippen LogP contribution in [0.1, 0.15) is 54.3 Å². The minimum Gasteiger partial charge on any atom is -0.376 e. The molecule has 1 saturated heterocycles. The van der Waals surface area contributed by atoms with Crippen LogP contribution in [0.3, 0.4) is 0 Å². The van der Waals surface area contributed by atoms with Crippen molar-refractivity contribution >= 4 is 0 Å². The van der Waals surface area contributed by atoms with E-state index in [9.17, 15) is 4.79 Å². The second-order valence-corrected chi connectivity index (χ2v) is 8.11. The van der Waals surface area contributed by atoms with Crippen LogP contribution >= 0.6 is 0 Å². The SMILES string of the molecule is O=c1ccc(C2CC2)nn1CC1CCN(Cc2noc3c2COCC3)CC1. The third-order valence-electron chi connectivity index (χ3n) is 6.07. The molecule has 0 amide bonds. The minimum absolute atomic E-state index is 0.0241. The molecule has 1 aliphatic carbocycles. The highest BCUT2D eigenvalue weighted by Crippen LogP contribution is 2.38. The van der Waals surface area contributed by atoms with E-state index >= 15 is 0 Å². The third kappa shape index (κ3) is 3.71. The van der Waals surface area contributed by atoms with E-state index in [1.54, 1.807) is 10.7 Å². The Balaban J connectivity index is 1.18. The largest absolute Gasteiger partial charge is 0.376 e. The normalized spacial score (nSPS) is 21.3. The number of hydrogen-bond donors (Lipinski definition) is 0. The number of aromatic nitrogens is 3. The second kappa shape index (κ2) is 7.20. The predicted octanol–water partition coefficient (Wildman–Crippen LogP) is 2.09. The van der Waals surface area contributed by atoms with Gasteiger partial charge < -0.3 is 9.26 Å². The van der Waals surface area contributed by atoms with Crippen LogP contribution in [0.5, 0.6) is 0 Å². The van der Waals surface area contributed by atoms with Crippen molar-refractivity contribution in [1.29, 1.82) is 0 Å². The molecule has 0 spiro atoms. The van der Waals surface area contributed by atoms with E-state index in [1.165, 1.54) is 12.8 Å². The summed E-state index contributed by atoms with van der Waals surface area (Å²) in [7, 11) is 0. The fourth-order valence-corrected chi connectivity index (χ4v) is 4.18. The molecule has 0 radical (unpaired) electrons. The lowest BCUT2D eigenvalue weighted by Gasteiger charge is -2.31. The third-order valence-corrected chi connectivity index (χ3v) is 6.07. The molecule has 1 saturated carbocycles. The Bertz CT molecular complexity index is 862. The first-order valence-corrected chi connectivity index (χ1v) is 10.1. The Morgan fingerprint density at radius 1 is 1.15 bits per heavy atom. The molecule has 5 rings (SSSR count). The zero-order chi connectivity index (χ0) is 18.2. The van der Waals surface area contributed by atoms with Crippen LogP contribution in [-0.4, -0.2) is 39.5 Å². The first-order chi connectivity index (χ1) is 13.3. The Labute approximate surface area is 158 Å². The number of rotatable bonds is 5. The van der Waals surface area contributed by atoms with E-state index in [2.05, 4.69) is 15.2 Å². The maximum Gasteiger partial charge on any atom is 0.266 e. The van der Waals surface area contributed by atoms with Crippen LogP contribution in [0, 0.1) is 5.92 Å². The van der Waals surface area contributed by atoms with Crippen molar-refractivity contribution in [2.24, 2.45) is 5.92 Å². The van der Waals surface area contributed by atoms with E-state index in [0.717, 1.165) is 74.8 Å². The highest BCUT2D eigenvalue weighted by Gasteiger charge is 2.27. The van der Waals surface area contributed by atoms with Gasteiger partial charge in [0.05, 0.1) is 18.9 Å². The number of likely N-dealkylation sites (tertiary alicyclic amines) is 1. The van der Waals surface area contributed by atoms with Gasteiger partial charge in [-0.15, -0.1) is 0 Å². The molecule has 7 nitrogen and oxygen atoms in total. The van der Waals surface area contributed by atoms with Gasteiger partial charge in [-0.05, 0) is 50.8 Å². The lowest BCUT2D eigenvalue weighted by molar-refractivity contribution is 0.102. The van der Waals surface area contributed by atoms with Crippen molar-refractivity contribution in [1.82, 2.24) is 19.8 Å². The number of fused-ring (bicyclic) bond motifs is 1. The molecule has 2 fully saturated rings. The number of nitrogens with zero attached hydrogens (tertiary/aromatic N) is 4. The molecule has 2 aromatic heterocycles.